The maximum absolute atomic E-state index is 13.5. The fourth-order valence-corrected chi connectivity index (χ4v) is 4.35. The van der Waals surface area contributed by atoms with E-state index in [1.807, 2.05) is 32.3 Å². The number of fused-ring (bicyclic) bond motifs is 1. The summed E-state index contributed by atoms with van der Waals surface area (Å²) in [5.41, 5.74) is 5.95. The highest BCUT2D eigenvalue weighted by atomic mass is 16.5. The molecule has 2 aliphatic rings. The van der Waals surface area contributed by atoms with Gasteiger partial charge in [-0.2, -0.15) is 0 Å². The first-order valence-corrected chi connectivity index (χ1v) is 10.3. The van der Waals surface area contributed by atoms with Crippen LogP contribution < -0.4 is 15.0 Å². The van der Waals surface area contributed by atoms with Crippen LogP contribution in [0.15, 0.2) is 54.7 Å². The van der Waals surface area contributed by atoms with E-state index in [0.717, 1.165) is 46.5 Å². The highest BCUT2D eigenvalue weighted by molar-refractivity contribution is 6.03. The number of hydrogen-bond donors (Lipinski definition) is 1. The van der Waals surface area contributed by atoms with Gasteiger partial charge in [0.2, 0.25) is 5.91 Å². The number of carbonyl (C=O) groups is 1. The third kappa shape index (κ3) is 3.02. The molecular weight excluding hydrogens is 374 g/mol. The van der Waals surface area contributed by atoms with Crippen molar-refractivity contribution in [2.75, 3.05) is 24.0 Å². The van der Waals surface area contributed by atoms with E-state index in [9.17, 15) is 4.79 Å². The lowest BCUT2D eigenvalue weighted by atomic mass is 9.93. The van der Waals surface area contributed by atoms with Crippen LogP contribution in [0, 0.1) is 13.8 Å². The molecule has 1 amide bonds. The van der Waals surface area contributed by atoms with Crippen molar-refractivity contribution in [2.45, 2.75) is 32.1 Å². The largest absolute Gasteiger partial charge is 0.471 e. The van der Waals surface area contributed by atoms with E-state index < -0.39 is 5.41 Å². The van der Waals surface area contributed by atoms with Gasteiger partial charge in [0.15, 0.2) is 6.73 Å². The number of aromatic nitrogens is 1. The van der Waals surface area contributed by atoms with E-state index in [0.29, 0.717) is 12.5 Å². The van der Waals surface area contributed by atoms with Gasteiger partial charge >= 0.3 is 0 Å². The molecule has 5 heteroatoms. The molecule has 2 aromatic carbocycles. The van der Waals surface area contributed by atoms with E-state index in [1.54, 1.807) is 4.90 Å². The molecule has 0 radical (unpaired) electrons. The molecule has 30 heavy (non-hydrogen) atoms. The number of rotatable bonds is 4. The highest BCUT2D eigenvalue weighted by Gasteiger charge is 2.53. The van der Waals surface area contributed by atoms with Crippen molar-refractivity contribution < 1.29 is 9.53 Å². The van der Waals surface area contributed by atoms with E-state index >= 15 is 0 Å². The molecule has 0 spiro atoms. The molecule has 0 atom stereocenters. The molecule has 0 bridgehead atoms. The highest BCUT2D eigenvalue weighted by Crippen LogP contribution is 2.51. The number of amides is 1. The topological polar surface area (TPSA) is 54.5 Å². The van der Waals surface area contributed by atoms with Crippen LogP contribution in [-0.4, -0.2) is 24.7 Å². The molecule has 1 aromatic heterocycles. The van der Waals surface area contributed by atoms with Crippen LogP contribution in [0.5, 0.6) is 5.75 Å². The van der Waals surface area contributed by atoms with Crippen LogP contribution in [-0.2, 0) is 10.2 Å². The molecule has 1 fully saturated rings. The number of likely N-dealkylation sites (N-methyl/N-ethyl adjacent to an activating group) is 1. The molecule has 5 nitrogen and oxygen atoms in total. The average Bonchev–Trinajstić information content (AvgIpc) is 3.43. The van der Waals surface area contributed by atoms with Gasteiger partial charge in [0.25, 0.3) is 0 Å². The predicted molar refractivity (Wildman–Crippen MR) is 119 cm³/mol. The summed E-state index contributed by atoms with van der Waals surface area (Å²) in [4.78, 5) is 19.9. The number of anilines is 2. The molecule has 1 saturated carbocycles. The Labute approximate surface area is 176 Å². The normalized spacial score (nSPS) is 15.7. The minimum atomic E-state index is -0.461. The van der Waals surface area contributed by atoms with Gasteiger partial charge in [-0.15, -0.1) is 0 Å². The van der Waals surface area contributed by atoms with Gasteiger partial charge in [0, 0.05) is 18.8 Å². The Morgan fingerprint density at radius 3 is 2.67 bits per heavy atom. The first-order chi connectivity index (χ1) is 14.5. The minimum Gasteiger partial charge on any atom is -0.471 e. The molecular formula is C25H25N3O2. The number of aryl methyl sites for hydroxylation is 2. The quantitative estimate of drug-likeness (QED) is 0.683. The summed E-state index contributed by atoms with van der Waals surface area (Å²) in [6, 6.07) is 16.5. The Balaban J connectivity index is 1.43. The number of carbonyl (C=O) groups excluding carboxylic acids is 1. The smallest absolute Gasteiger partial charge is 0.238 e. The van der Waals surface area contributed by atoms with Gasteiger partial charge in [0.05, 0.1) is 11.1 Å². The van der Waals surface area contributed by atoms with Crippen molar-refractivity contribution in [3.63, 3.8) is 0 Å². The van der Waals surface area contributed by atoms with Gasteiger partial charge in [-0.1, -0.05) is 35.9 Å². The summed E-state index contributed by atoms with van der Waals surface area (Å²) in [5.74, 6) is 1.66. The molecule has 1 aliphatic heterocycles. The molecule has 152 valence electrons. The van der Waals surface area contributed by atoms with Crippen molar-refractivity contribution in [2.24, 2.45) is 0 Å². The van der Waals surface area contributed by atoms with E-state index in [2.05, 4.69) is 53.6 Å². The third-order valence-electron chi connectivity index (χ3n) is 6.21. The van der Waals surface area contributed by atoms with Crippen LogP contribution in [0.1, 0.15) is 29.5 Å². The fraction of sp³-hybridized carbons (Fsp3) is 0.280. The summed E-state index contributed by atoms with van der Waals surface area (Å²) in [5, 5.41) is 3.22. The SMILES string of the molecule is Cc1cccc(-c2cnc(N(C)C(=O)C3(c4ccc5c(c4)NCO5)CC3)c(C)c2)c1. The zero-order chi connectivity index (χ0) is 20.9. The second-order valence-corrected chi connectivity index (χ2v) is 8.36. The van der Waals surface area contributed by atoms with Crippen LogP contribution in [0.4, 0.5) is 11.5 Å². The molecule has 1 aliphatic carbocycles. The number of nitrogens with one attached hydrogen (secondary N) is 1. The monoisotopic (exact) mass is 399 g/mol. The van der Waals surface area contributed by atoms with Gasteiger partial charge in [0.1, 0.15) is 11.6 Å². The second kappa shape index (κ2) is 6.87. The number of pyridine rings is 1. The Kier molecular flexibility index (Phi) is 4.28. The maximum Gasteiger partial charge on any atom is 0.238 e. The number of benzene rings is 2. The number of ether oxygens (including phenoxy) is 1. The van der Waals surface area contributed by atoms with Crippen molar-refractivity contribution >= 4 is 17.4 Å². The molecule has 2 heterocycles. The standard InChI is InChI=1S/C25H25N3O2/c1-16-5-4-6-18(11-16)19-12-17(2)23(26-14-19)28(3)24(29)25(9-10-25)20-7-8-22-21(13-20)27-15-30-22/h4-8,11-14,27H,9-10,15H2,1-3H3. The lowest BCUT2D eigenvalue weighted by Gasteiger charge is -2.25. The van der Waals surface area contributed by atoms with Crippen molar-refractivity contribution in [1.82, 2.24) is 4.98 Å². The molecule has 0 saturated heterocycles. The Morgan fingerprint density at radius 1 is 1.10 bits per heavy atom. The summed E-state index contributed by atoms with van der Waals surface area (Å²) in [7, 11) is 1.83. The van der Waals surface area contributed by atoms with E-state index in [1.165, 1.54) is 5.56 Å². The maximum atomic E-state index is 13.5. The number of hydrogen-bond acceptors (Lipinski definition) is 4. The van der Waals surface area contributed by atoms with Gasteiger partial charge in [-0.25, -0.2) is 4.98 Å². The van der Waals surface area contributed by atoms with Gasteiger partial charge in [-0.05, 0) is 61.6 Å². The van der Waals surface area contributed by atoms with Crippen LogP contribution in [0.2, 0.25) is 0 Å². The lowest BCUT2D eigenvalue weighted by Crippen LogP contribution is -2.37. The first-order valence-electron chi connectivity index (χ1n) is 10.3. The van der Waals surface area contributed by atoms with Gasteiger partial charge < -0.3 is 10.1 Å². The van der Waals surface area contributed by atoms with Crippen molar-refractivity contribution in [3.05, 3.63) is 71.4 Å². The average molecular weight is 399 g/mol. The van der Waals surface area contributed by atoms with Crippen LogP contribution in [0.3, 0.4) is 0 Å². The van der Waals surface area contributed by atoms with Crippen molar-refractivity contribution in [3.8, 4) is 16.9 Å². The van der Waals surface area contributed by atoms with E-state index in [4.69, 9.17) is 4.74 Å². The summed E-state index contributed by atoms with van der Waals surface area (Å²) in [6.45, 7) is 4.58. The van der Waals surface area contributed by atoms with Crippen LogP contribution in [0.25, 0.3) is 11.1 Å². The molecule has 3 aromatic rings. The molecule has 1 N–H and O–H groups in total. The van der Waals surface area contributed by atoms with Crippen LogP contribution >= 0.6 is 0 Å². The zero-order valence-corrected chi connectivity index (χ0v) is 17.5. The Morgan fingerprint density at radius 2 is 1.93 bits per heavy atom. The second-order valence-electron chi connectivity index (χ2n) is 8.36. The van der Waals surface area contributed by atoms with Gasteiger partial charge in [-0.3, -0.25) is 9.69 Å². The summed E-state index contributed by atoms with van der Waals surface area (Å²) in [6.07, 6.45) is 3.57. The summed E-state index contributed by atoms with van der Waals surface area (Å²) >= 11 is 0. The Hall–Kier alpha value is -3.34. The molecule has 5 rings (SSSR count). The first kappa shape index (κ1) is 18.7. The minimum absolute atomic E-state index is 0.0975. The van der Waals surface area contributed by atoms with Crippen molar-refractivity contribution in [1.29, 1.82) is 0 Å². The molecule has 0 unspecified atom stereocenters. The summed E-state index contributed by atoms with van der Waals surface area (Å²) < 4.78 is 5.52. The zero-order valence-electron chi connectivity index (χ0n) is 17.5. The predicted octanol–water partition coefficient (Wildman–Crippen LogP) is 4.82. The number of nitrogens with zero attached hydrogens (tertiary/aromatic N) is 2. The lowest BCUT2D eigenvalue weighted by molar-refractivity contribution is -0.120. The fourth-order valence-electron chi connectivity index (χ4n) is 4.35. The Bertz CT molecular complexity index is 1150. The van der Waals surface area contributed by atoms with E-state index in [-0.39, 0.29) is 5.91 Å². The third-order valence-corrected chi connectivity index (χ3v) is 6.21.